The maximum atomic E-state index is 13.8. The lowest BCUT2D eigenvalue weighted by Gasteiger charge is -2.03. The Labute approximate surface area is 166 Å². The number of hydrogen-bond acceptors (Lipinski definition) is 7. The molecule has 0 aliphatic carbocycles. The van der Waals surface area contributed by atoms with Crippen molar-refractivity contribution in [2.75, 3.05) is 11.1 Å². The number of rotatable bonds is 7. The summed E-state index contributed by atoms with van der Waals surface area (Å²) in [5.41, 5.74) is 5.74. The molecule has 0 bridgehead atoms. The summed E-state index contributed by atoms with van der Waals surface area (Å²) in [6, 6.07) is 5.91. The van der Waals surface area contributed by atoms with Gasteiger partial charge in [0.2, 0.25) is 11.8 Å². The van der Waals surface area contributed by atoms with Crippen molar-refractivity contribution in [3.8, 4) is 0 Å². The highest BCUT2D eigenvalue weighted by Gasteiger charge is 2.16. The highest BCUT2D eigenvalue weighted by atomic mass is 35.5. The second kappa shape index (κ2) is 8.51. The lowest BCUT2D eigenvalue weighted by Crippen LogP contribution is -2.17. The monoisotopic (exact) mass is 426 g/mol. The fourth-order valence-electron chi connectivity index (χ4n) is 2.11. The molecule has 11 heteroatoms. The fraction of sp³-hybridized carbons (Fsp3) is 0.125. The Balaban J connectivity index is 1.57. The highest BCUT2D eigenvalue weighted by molar-refractivity contribution is 7.99. The molecular weight excluding hydrogens is 415 g/mol. The van der Waals surface area contributed by atoms with E-state index in [1.165, 1.54) is 29.5 Å². The summed E-state index contributed by atoms with van der Waals surface area (Å²) in [4.78, 5) is 23.3. The molecule has 27 heavy (non-hydrogen) atoms. The number of thiophene rings is 1. The van der Waals surface area contributed by atoms with Crippen LogP contribution in [0.1, 0.15) is 21.8 Å². The first-order valence-electron chi connectivity index (χ1n) is 7.49. The molecule has 0 atom stereocenters. The zero-order chi connectivity index (χ0) is 19.4. The van der Waals surface area contributed by atoms with Crippen LogP contribution in [0.3, 0.4) is 0 Å². The summed E-state index contributed by atoms with van der Waals surface area (Å²) in [5, 5.41) is 12.7. The van der Waals surface area contributed by atoms with E-state index in [1.54, 1.807) is 11.4 Å². The van der Waals surface area contributed by atoms with E-state index < -0.39 is 11.7 Å². The van der Waals surface area contributed by atoms with Crippen molar-refractivity contribution >= 4 is 51.5 Å². The van der Waals surface area contributed by atoms with Gasteiger partial charge in [-0.1, -0.05) is 29.4 Å². The Morgan fingerprint density at radius 2 is 2.15 bits per heavy atom. The van der Waals surface area contributed by atoms with Gasteiger partial charge < -0.3 is 15.5 Å². The van der Waals surface area contributed by atoms with Gasteiger partial charge in [0, 0.05) is 10.6 Å². The number of thioether (sulfide) groups is 1. The van der Waals surface area contributed by atoms with E-state index in [0.29, 0.717) is 5.00 Å². The molecule has 2 amide bonds. The fourth-order valence-corrected chi connectivity index (χ4v) is 3.73. The molecule has 3 aromatic rings. The van der Waals surface area contributed by atoms with Crippen molar-refractivity contribution in [1.29, 1.82) is 0 Å². The molecule has 0 fully saturated rings. The average Bonchev–Trinajstić information content (AvgIpc) is 3.26. The van der Waals surface area contributed by atoms with Gasteiger partial charge in [0.15, 0.2) is 0 Å². The van der Waals surface area contributed by atoms with E-state index in [-0.39, 0.29) is 45.3 Å². The van der Waals surface area contributed by atoms with E-state index in [1.807, 2.05) is 0 Å². The number of nitrogens with zero attached hydrogens (tertiary/aromatic N) is 2. The Hall–Kier alpha value is -2.43. The quantitative estimate of drug-likeness (QED) is 0.560. The van der Waals surface area contributed by atoms with Crippen LogP contribution in [0.4, 0.5) is 9.39 Å². The Morgan fingerprint density at radius 3 is 2.89 bits per heavy atom. The Morgan fingerprint density at radius 1 is 1.33 bits per heavy atom. The maximum Gasteiger partial charge on any atom is 0.277 e. The van der Waals surface area contributed by atoms with Crippen LogP contribution in [0.5, 0.6) is 0 Å². The van der Waals surface area contributed by atoms with Crippen LogP contribution < -0.4 is 11.1 Å². The molecule has 3 rings (SSSR count). The first kappa shape index (κ1) is 19.3. The summed E-state index contributed by atoms with van der Waals surface area (Å²) >= 11 is 8.18. The van der Waals surface area contributed by atoms with Gasteiger partial charge >= 0.3 is 0 Å². The number of carbonyl (C=O) groups excluding carboxylic acids is 2. The van der Waals surface area contributed by atoms with Crippen LogP contribution in [-0.4, -0.2) is 27.8 Å². The van der Waals surface area contributed by atoms with E-state index in [9.17, 15) is 14.0 Å². The Bertz CT molecular complexity index is 971. The van der Waals surface area contributed by atoms with Gasteiger partial charge in [-0.3, -0.25) is 9.59 Å². The summed E-state index contributed by atoms with van der Waals surface area (Å²) in [5.74, 6) is -1.28. The standard InChI is InChI=1S/C16H12ClFN4O3S2/c17-10-2-1-3-11(18)9(10)6-13-21-22-16(25-13)27-7-12(23)20-15-8(14(19)24)4-5-26-15/h1-5H,6-7H2,(H2,19,24)(H,20,23). The molecule has 7 nitrogen and oxygen atoms in total. The van der Waals surface area contributed by atoms with Crippen molar-refractivity contribution in [2.45, 2.75) is 11.6 Å². The van der Waals surface area contributed by atoms with Gasteiger partial charge in [-0.15, -0.1) is 21.5 Å². The number of nitrogens with two attached hydrogens (primary N) is 1. The molecule has 2 aromatic heterocycles. The van der Waals surface area contributed by atoms with Crippen LogP contribution in [0.2, 0.25) is 5.02 Å². The smallest absolute Gasteiger partial charge is 0.277 e. The third-order valence-electron chi connectivity index (χ3n) is 3.35. The predicted molar refractivity (Wildman–Crippen MR) is 101 cm³/mol. The predicted octanol–water partition coefficient (Wildman–Crippen LogP) is 3.34. The first-order chi connectivity index (χ1) is 12.9. The van der Waals surface area contributed by atoms with Gasteiger partial charge in [-0.05, 0) is 23.6 Å². The molecular formula is C16H12ClFN4O3S2. The maximum absolute atomic E-state index is 13.8. The minimum Gasteiger partial charge on any atom is -0.416 e. The number of aromatic nitrogens is 2. The van der Waals surface area contributed by atoms with Gasteiger partial charge in [-0.2, -0.15) is 0 Å². The van der Waals surface area contributed by atoms with Crippen LogP contribution in [0, 0.1) is 5.82 Å². The largest absolute Gasteiger partial charge is 0.416 e. The topological polar surface area (TPSA) is 111 Å². The van der Waals surface area contributed by atoms with E-state index in [4.69, 9.17) is 21.8 Å². The summed E-state index contributed by atoms with van der Waals surface area (Å²) in [7, 11) is 0. The molecule has 140 valence electrons. The average molecular weight is 427 g/mol. The van der Waals surface area contributed by atoms with Crippen molar-refractivity contribution < 1.29 is 18.4 Å². The second-order valence-electron chi connectivity index (χ2n) is 5.20. The second-order valence-corrected chi connectivity index (χ2v) is 7.45. The summed E-state index contributed by atoms with van der Waals surface area (Å²) < 4.78 is 19.2. The van der Waals surface area contributed by atoms with Gasteiger partial charge in [0.05, 0.1) is 17.7 Å². The summed E-state index contributed by atoms with van der Waals surface area (Å²) in [6.07, 6.45) is 0.0441. The highest BCUT2D eigenvalue weighted by Crippen LogP contribution is 2.25. The van der Waals surface area contributed by atoms with Crippen LogP contribution in [0.15, 0.2) is 39.3 Å². The van der Waals surface area contributed by atoms with Crippen LogP contribution in [0.25, 0.3) is 0 Å². The van der Waals surface area contributed by atoms with Gasteiger partial charge in [-0.25, -0.2) is 4.39 Å². The molecule has 0 unspecified atom stereocenters. The number of halogens is 2. The number of nitrogens with one attached hydrogen (secondary N) is 1. The van der Waals surface area contributed by atoms with Crippen molar-refractivity contribution in [3.05, 3.63) is 57.5 Å². The lowest BCUT2D eigenvalue weighted by atomic mass is 10.1. The molecule has 2 heterocycles. The minimum atomic E-state index is -0.618. The minimum absolute atomic E-state index is 0.0157. The molecule has 0 radical (unpaired) electrons. The van der Waals surface area contributed by atoms with Crippen molar-refractivity contribution in [3.63, 3.8) is 0 Å². The molecule has 3 N–H and O–H groups in total. The molecule has 1 aromatic carbocycles. The normalized spacial score (nSPS) is 10.7. The van der Waals surface area contributed by atoms with E-state index in [0.717, 1.165) is 11.8 Å². The number of benzene rings is 1. The van der Waals surface area contributed by atoms with Crippen molar-refractivity contribution in [2.24, 2.45) is 5.73 Å². The lowest BCUT2D eigenvalue weighted by molar-refractivity contribution is -0.113. The SMILES string of the molecule is NC(=O)c1ccsc1NC(=O)CSc1nnc(Cc2c(F)cccc2Cl)o1. The number of amides is 2. The van der Waals surface area contributed by atoms with Crippen LogP contribution in [-0.2, 0) is 11.2 Å². The third-order valence-corrected chi connectivity index (χ3v) is 5.35. The number of hydrogen-bond donors (Lipinski definition) is 2. The zero-order valence-corrected chi connectivity index (χ0v) is 16.0. The molecule has 0 saturated heterocycles. The Kier molecular flexibility index (Phi) is 6.09. The number of anilines is 1. The van der Waals surface area contributed by atoms with Gasteiger partial charge in [0.1, 0.15) is 10.8 Å². The van der Waals surface area contributed by atoms with Gasteiger partial charge in [0.25, 0.3) is 11.1 Å². The number of carbonyl (C=O) groups is 2. The summed E-state index contributed by atoms with van der Waals surface area (Å²) in [6.45, 7) is 0. The molecule has 0 spiro atoms. The first-order valence-corrected chi connectivity index (χ1v) is 9.73. The van der Waals surface area contributed by atoms with E-state index >= 15 is 0 Å². The molecule has 0 saturated carbocycles. The van der Waals surface area contributed by atoms with Crippen molar-refractivity contribution in [1.82, 2.24) is 10.2 Å². The van der Waals surface area contributed by atoms with Crippen LogP contribution >= 0.6 is 34.7 Å². The third kappa shape index (κ3) is 4.85. The molecule has 0 aliphatic rings. The van der Waals surface area contributed by atoms with E-state index in [2.05, 4.69) is 15.5 Å². The number of primary amides is 1. The zero-order valence-electron chi connectivity index (χ0n) is 13.6. The molecule has 0 aliphatic heterocycles.